The Morgan fingerprint density at radius 1 is 1.52 bits per heavy atom. The number of hydrogen-bond donors (Lipinski definition) is 2. The van der Waals surface area contributed by atoms with E-state index in [1.54, 1.807) is 13.2 Å². The molecular formula is C15H22BrNO3S. The van der Waals surface area contributed by atoms with Crippen molar-refractivity contribution in [1.29, 1.82) is 0 Å². The van der Waals surface area contributed by atoms with E-state index in [0.717, 1.165) is 9.37 Å². The lowest BCUT2D eigenvalue weighted by Crippen LogP contribution is -2.38. The van der Waals surface area contributed by atoms with Crippen molar-refractivity contribution in [3.05, 3.63) is 16.6 Å². The van der Waals surface area contributed by atoms with Crippen molar-refractivity contribution >= 4 is 39.3 Å². The number of nitrogen functional groups attached to an aromatic ring is 1. The number of benzene rings is 1. The van der Waals surface area contributed by atoms with Gasteiger partial charge in [-0.25, -0.2) is 0 Å². The highest BCUT2D eigenvalue weighted by Gasteiger charge is 2.40. The Morgan fingerprint density at radius 3 is 2.57 bits per heavy atom. The summed E-state index contributed by atoms with van der Waals surface area (Å²) < 4.78 is 6.05. The highest BCUT2D eigenvalue weighted by Crippen LogP contribution is 2.41. The zero-order valence-corrected chi connectivity index (χ0v) is 15.2. The number of carbonyl (C=O) groups is 1. The van der Waals surface area contributed by atoms with Crippen LogP contribution in [-0.2, 0) is 4.79 Å². The first-order valence-electron chi connectivity index (χ1n) is 6.77. The maximum atomic E-state index is 11.7. The van der Waals surface area contributed by atoms with E-state index in [2.05, 4.69) is 15.9 Å². The molecule has 0 radical (unpaired) electrons. The Balaban J connectivity index is 3.03. The van der Waals surface area contributed by atoms with Gasteiger partial charge in [0.25, 0.3) is 0 Å². The molecule has 1 atom stereocenters. The van der Waals surface area contributed by atoms with E-state index in [9.17, 15) is 9.90 Å². The minimum atomic E-state index is -0.754. The second kappa shape index (κ2) is 7.40. The standard InChI is InChI=1S/C15H22BrNO3S/c1-5-15(9(2)3,14(18)19)8-21-13-7-12(20-4)10(16)6-11(13)17/h6-7,9H,5,8,17H2,1-4H3,(H,18,19). The van der Waals surface area contributed by atoms with Crippen molar-refractivity contribution in [3.63, 3.8) is 0 Å². The van der Waals surface area contributed by atoms with Gasteiger partial charge in [0.1, 0.15) is 5.75 Å². The number of thioether (sulfide) groups is 1. The van der Waals surface area contributed by atoms with Gasteiger partial charge in [0.15, 0.2) is 0 Å². The molecule has 1 aromatic carbocycles. The van der Waals surface area contributed by atoms with E-state index in [4.69, 9.17) is 10.5 Å². The van der Waals surface area contributed by atoms with E-state index in [0.29, 0.717) is 23.6 Å². The van der Waals surface area contributed by atoms with E-state index in [1.807, 2.05) is 26.8 Å². The largest absolute Gasteiger partial charge is 0.496 e. The van der Waals surface area contributed by atoms with Gasteiger partial charge in [0, 0.05) is 16.3 Å². The fourth-order valence-corrected chi connectivity index (χ4v) is 4.19. The number of aliphatic carboxylic acids is 1. The first-order valence-corrected chi connectivity index (χ1v) is 8.55. The van der Waals surface area contributed by atoms with E-state index >= 15 is 0 Å². The van der Waals surface area contributed by atoms with Gasteiger partial charge >= 0.3 is 5.97 Å². The number of halogens is 1. The fraction of sp³-hybridized carbons (Fsp3) is 0.533. The van der Waals surface area contributed by atoms with Gasteiger partial charge in [0.2, 0.25) is 0 Å². The van der Waals surface area contributed by atoms with Crippen LogP contribution in [0.5, 0.6) is 5.75 Å². The van der Waals surface area contributed by atoms with Crippen molar-refractivity contribution in [1.82, 2.24) is 0 Å². The molecule has 6 heteroatoms. The Labute approximate surface area is 138 Å². The first-order chi connectivity index (χ1) is 9.78. The predicted octanol–water partition coefficient (Wildman–Crippen LogP) is 4.27. The monoisotopic (exact) mass is 375 g/mol. The fourth-order valence-electron chi connectivity index (χ4n) is 2.17. The van der Waals surface area contributed by atoms with Gasteiger partial charge in [-0.1, -0.05) is 20.8 Å². The summed E-state index contributed by atoms with van der Waals surface area (Å²) in [6.07, 6.45) is 0.584. The minimum Gasteiger partial charge on any atom is -0.496 e. The molecule has 0 aliphatic rings. The molecule has 0 aromatic heterocycles. The van der Waals surface area contributed by atoms with Crippen molar-refractivity contribution in [2.24, 2.45) is 11.3 Å². The molecule has 0 fully saturated rings. The molecule has 0 amide bonds. The summed E-state index contributed by atoms with van der Waals surface area (Å²) in [7, 11) is 1.59. The van der Waals surface area contributed by atoms with Gasteiger partial charge < -0.3 is 15.6 Å². The van der Waals surface area contributed by atoms with Crippen LogP contribution in [0, 0.1) is 11.3 Å². The average molecular weight is 376 g/mol. The molecule has 0 heterocycles. The summed E-state index contributed by atoms with van der Waals surface area (Å²) in [6, 6.07) is 3.62. The van der Waals surface area contributed by atoms with Gasteiger partial charge in [-0.05, 0) is 40.4 Å². The lowest BCUT2D eigenvalue weighted by atomic mass is 9.77. The van der Waals surface area contributed by atoms with Crippen LogP contribution in [0.25, 0.3) is 0 Å². The second-order valence-electron chi connectivity index (χ2n) is 5.28. The summed E-state index contributed by atoms with van der Waals surface area (Å²) in [5, 5.41) is 9.61. The summed E-state index contributed by atoms with van der Waals surface area (Å²) in [5.41, 5.74) is 5.88. The number of rotatable bonds is 7. The summed E-state index contributed by atoms with van der Waals surface area (Å²) in [5.74, 6) is 0.459. The number of hydrogen-bond acceptors (Lipinski definition) is 4. The average Bonchev–Trinajstić information content (AvgIpc) is 2.41. The maximum Gasteiger partial charge on any atom is 0.310 e. The zero-order valence-electron chi connectivity index (χ0n) is 12.8. The van der Waals surface area contributed by atoms with Crippen LogP contribution in [0.4, 0.5) is 5.69 Å². The molecule has 0 bridgehead atoms. The lowest BCUT2D eigenvalue weighted by molar-refractivity contribution is -0.150. The molecule has 4 nitrogen and oxygen atoms in total. The summed E-state index contributed by atoms with van der Waals surface area (Å²) in [6.45, 7) is 5.81. The molecule has 0 aliphatic heterocycles. The third kappa shape index (κ3) is 3.86. The highest BCUT2D eigenvalue weighted by molar-refractivity contribution is 9.10. The molecule has 0 saturated carbocycles. The normalized spacial score (nSPS) is 14.0. The van der Waals surface area contributed by atoms with Crippen LogP contribution in [0.2, 0.25) is 0 Å². The number of carboxylic acids is 1. The first kappa shape index (κ1) is 18.2. The van der Waals surface area contributed by atoms with Crippen LogP contribution in [0.1, 0.15) is 27.2 Å². The zero-order chi connectivity index (χ0) is 16.2. The van der Waals surface area contributed by atoms with E-state index in [-0.39, 0.29) is 5.92 Å². The molecule has 1 aromatic rings. The van der Waals surface area contributed by atoms with Crippen LogP contribution in [0.3, 0.4) is 0 Å². The number of carboxylic acid groups (broad SMARTS) is 1. The number of nitrogens with two attached hydrogens (primary N) is 1. The summed E-state index contributed by atoms with van der Waals surface area (Å²) in [4.78, 5) is 12.5. The van der Waals surface area contributed by atoms with Crippen molar-refractivity contribution in [2.75, 3.05) is 18.6 Å². The van der Waals surface area contributed by atoms with Gasteiger partial charge in [-0.3, -0.25) is 4.79 Å². The number of anilines is 1. The van der Waals surface area contributed by atoms with Crippen molar-refractivity contribution < 1.29 is 14.6 Å². The smallest absolute Gasteiger partial charge is 0.310 e. The SMILES string of the molecule is CCC(CSc1cc(OC)c(Br)cc1N)(C(=O)O)C(C)C. The molecule has 0 spiro atoms. The third-order valence-corrected chi connectivity index (χ3v) is 5.88. The molecule has 1 unspecified atom stereocenters. The van der Waals surface area contributed by atoms with Crippen LogP contribution < -0.4 is 10.5 Å². The Hall–Kier alpha value is -0.880. The van der Waals surface area contributed by atoms with Crippen LogP contribution in [0.15, 0.2) is 21.5 Å². The molecule has 21 heavy (non-hydrogen) atoms. The van der Waals surface area contributed by atoms with Crippen LogP contribution in [-0.4, -0.2) is 23.9 Å². The van der Waals surface area contributed by atoms with Crippen molar-refractivity contribution in [3.8, 4) is 5.75 Å². The van der Waals surface area contributed by atoms with E-state index < -0.39 is 11.4 Å². The molecule has 0 saturated heterocycles. The third-order valence-electron chi connectivity index (χ3n) is 3.93. The Morgan fingerprint density at radius 2 is 2.14 bits per heavy atom. The minimum absolute atomic E-state index is 0.0473. The Kier molecular flexibility index (Phi) is 6.41. The molecule has 1 rings (SSSR count). The molecular weight excluding hydrogens is 354 g/mol. The highest BCUT2D eigenvalue weighted by atomic mass is 79.9. The topological polar surface area (TPSA) is 72.5 Å². The van der Waals surface area contributed by atoms with Crippen molar-refractivity contribution in [2.45, 2.75) is 32.1 Å². The quantitative estimate of drug-likeness (QED) is 0.549. The number of methoxy groups -OCH3 is 1. The van der Waals surface area contributed by atoms with Gasteiger partial charge in [-0.2, -0.15) is 0 Å². The van der Waals surface area contributed by atoms with E-state index in [1.165, 1.54) is 11.8 Å². The summed E-state index contributed by atoms with van der Waals surface area (Å²) >= 11 is 4.85. The Bertz CT molecular complexity index is 522. The van der Waals surface area contributed by atoms with Gasteiger partial charge in [0.05, 0.1) is 17.0 Å². The van der Waals surface area contributed by atoms with Crippen LogP contribution >= 0.6 is 27.7 Å². The molecule has 118 valence electrons. The van der Waals surface area contributed by atoms with Gasteiger partial charge in [-0.15, -0.1) is 11.8 Å². The lowest BCUT2D eigenvalue weighted by Gasteiger charge is -2.32. The molecule has 3 N–H and O–H groups in total. The predicted molar refractivity (Wildman–Crippen MR) is 91.0 cm³/mol. The molecule has 0 aliphatic carbocycles. The maximum absolute atomic E-state index is 11.7. The second-order valence-corrected chi connectivity index (χ2v) is 7.15. The number of ether oxygens (including phenoxy) is 1.